The van der Waals surface area contributed by atoms with Crippen LogP contribution in [0.4, 0.5) is 5.69 Å². The molecule has 2 aromatic heterocycles. The molecule has 0 radical (unpaired) electrons. The largest absolute Gasteiger partial charge is 0.462 e. The Kier molecular flexibility index (Phi) is 34.8. The van der Waals surface area contributed by atoms with Crippen LogP contribution in [-0.2, 0) is 67.3 Å². The van der Waals surface area contributed by atoms with Crippen molar-refractivity contribution in [2.45, 2.75) is 183 Å². The number of hydrogen-bond donors (Lipinski definition) is 8. The van der Waals surface area contributed by atoms with Crippen molar-refractivity contribution in [3.05, 3.63) is 87.7 Å². The van der Waals surface area contributed by atoms with Crippen molar-refractivity contribution in [3.8, 4) is 17.1 Å². The Morgan fingerprint density at radius 2 is 1.52 bits per heavy atom. The summed E-state index contributed by atoms with van der Waals surface area (Å²) in [7, 11) is 4.57. The number of para-hydroxylation sites is 1. The van der Waals surface area contributed by atoms with Gasteiger partial charge in [0.25, 0.3) is 5.56 Å². The van der Waals surface area contributed by atoms with Gasteiger partial charge in [0.05, 0.1) is 59.3 Å². The number of benzene rings is 2. The maximum Gasteiger partial charge on any atom is 0.352 e. The smallest absolute Gasteiger partial charge is 0.352 e. The van der Waals surface area contributed by atoms with Gasteiger partial charge in [0.1, 0.15) is 43.4 Å². The maximum atomic E-state index is 13.5. The highest BCUT2D eigenvalue weighted by atomic mass is 32.1. The molecule has 504 valence electrons. The number of cyclic esters (lactones) is 1. The van der Waals surface area contributed by atoms with E-state index < -0.39 is 61.1 Å². The van der Waals surface area contributed by atoms with Crippen LogP contribution in [0.3, 0.4) is 0 Å². The van der Waals surface area contributed by atoms with E-state index in [0.717, 1.165) is 54.6 Å². The van der Waals surface area contributed by atoms with E-state index in [9.17, 15) is 48.6 Å². The fourth-order valence-corrected chi connectivity index (χ4v) is 10.3. The van der Waals surface area contributed by atoms with Gasteiger partial charge >= 0.3 is 11.9 Å². The monoisotopic (exact) mass is 1290 g/mol. The molecule has 3 saturated heterocycles. The van der Waals surface area contributed by atoms with E-state index >= 15 is 0 Å². The van der Waals surface area contributed by atoms with E-state index in [1.165, 1.54) is 16.8 Å². The zero-order valence-electron chi connectivity index (χ0n) is 55.2. The summed E-state index contributed by atoms with van der Waals surface area (Å²) in [6.07, 6.45) is 2.21. The first-order valence-electron chi connectivity index (χ1n) is 31.4. The van der Waals surface area contributed by atoms with Crippen molar-refractivity contribution in [1.82, 2.24) is 40.6 Å². The third kappa shape index (κ3) is 23.7. The second-order valence-electron chi connectivity index (χ2n) is 23.0. The Labute approximate surface area is 540 Å². The predicted molar refractivity (Wildman–Crippen MR) is 353 cm³/mol. The number of likely N-dealkylation sites (N-methyl/N-ethyl adjacent to an activating group) is 2. The van der Waals surface area contributed by atoms with Gasteiger partial charge in [-0.2, -0.15) is 0 Å². The van der Waals surface area contributed by atoms with Crippen LogP contribution in [0.15, 0.2) is 65.5 Å². The number of nitrogens with one attached hydrogen (secondary N) is 5. The number of ether oxygens (including phenoxy) is 4. The van der Waals surface area contributed by atoms with Crippen LogP contribution in [0.1, 0.15) is 137 Å². The highest BCUT2D eigenvalue weighted by molar-refractivity contribution is 7.79. The molecule has 25 heteroatoms. The summed E-state index contributed by atoms with van der Waals surface area (Å²) in [6.45, 7) is 21.6. The normalized spacial score (nSPS) is 20.3. The Bertz CT molecular complexity index is 3030. The zero-order valence-corrected chi connectivity index (χ0v) is 56.1. The lowest BCUT2D eigenvalue weighted by molar-refractivity contribution is -0.228. The number of carbonyl (C=O) groups excluding carboxylic acids is 7. The Morgan fingerprint density at radius 3 is 2.13 bits per heavy atom. The van der Waals surface area contributed by atoms with Crippen LogP contribution in [0.25, 0.3) is 22.3 Å². The molecule has 0 spiro atoms. The van der Waals surface area contributed by atoms with E-state index in [1.54, 1.807) is 36.7 Å². The van der Waals surface area contributed by atoms with Gasteiger partial charge in [-0.05, 0) is 126 Å². The minimum Gasteiger partial charge on any atom is -0.462 e. The first kappa shape index (κ1) is 78.0. The molecule has 91 heavy (non-hydrogen) atoms. The number of likely N-dealkylation sites (tertiary alicyclic amines) is 2. The maximum absolute atomic E-state index is 13.5. The number of aryl methyl sites for hydroxylation is 1. The number of pyridine rings is 2. The van der Waals surface area contributed by atoms with Crippen LogP contribution in [0, 0.1) is 11.8 Å². The van der Waals surface area contributed by atoms with Gasteiger partial charge in [0, 0.05) is 43.3 Å². The van der Waals surface area contributed by atoms with Gasteiger partial charge < -0.3 is 75.1 Å². The lowest BCUT2D eigenvalue weighted by Crippen LogP contribution is -2.52. The van der Waals surface area contributed by atoms with Crippen LogP contribution in [-0.4, -0.2) is 179 Å². The minimum atomic E-state index is -1.47. The summed E-state index contributed by atoms with van der Waals surface area (Å²) in [5.41, 5.74) is 5.38. The number of hydrogen-bond acceptors (Lipinski definition) is 19. The van der Waals surface area contributed by atoms with E-state index in [2.05, 4.69) is 67.3 Å². The van der Waals surface area contributed by atoms with Gasteiger partial charge in [-0.25, -0.2) is 9.78 Å². The first-order chi connectivity index (χ1) is 43.5. The quantitative estimate of drug-likeness (QED) is 0.0367. The molecule has 8 N–H and O–H groups in total. The molecule has 0 saturated carbocycles. The van der Waals surface area contributed by atoms with E-state index in [0.29, 0.717) is 62.2 Å². The SMILES string of the molecule is CC.CC(C)C.CC(C)C[C@H](NC(=O)C1CCCN1C)C(=O)NCC=O.CCC.CNCC(=O)N1CCC[C@H]1C(=O)NCC(=O)OC1C(=O)OCc2c1cc1n(c2=O)CCc2cc3ccccc3nc2-1.CO.C[C@@H]1O[C@H](Oc2ccc(NC=S)cc2)C(O)C[C@@H]1O. The van der Waals surface area contributed by atoms with Gasteiger partial charge in [0.15, 0.2) is 0 Å². The molecule has 8 atom stereocenters. The number of nitrogens with zero attached hydrogens (tertiary/aromatic N) is 4. The predicted octanol–water partition coefficient (Wildman–Crippen LogP) is 5.52. The van der Waals surface area contributed by atoms with E-state index in [1.807, 2.05) is 76.0 Å². The van der Waals surface area contributed by atoms with Crippen molar-refractivity contribution < 1.29 is 67.8 Å². The van der Waals surface area contributed by atoms with Gasteiger partial charge in [-0.15, -0.1) is 0 Å². The molecule has 3 fully saturated rings. The van der Waals surface area contributed by atoms with E-state index in [4.69, 9.17) is 41.3 Å². The molecule has 2 aromatic carbocycles. The zero-order chi connectivity index (χ0) is 67.9. The highest BCUT2D eigenvalue weighted by Crippen LogP contribution is 2.35. The number of thiocarbonyl (C=S) groups is 1. The van der Waals surface area contributed by atoms with E-state index in [-0.39, 0.29) is 78.6 Å². The van der Waals surface area contributed by atoms with Crippen molar-refractivity contribution >= 4 is 76.2 Å². The van der Waals surface area contributed by atoms with Gasteiger partial charge in [-0.3, -0.25) is 33.7 Å². The number of aldehydes is 1. The third-order valence-electron chi connectivity index (χ3n) is 14.3. The number of aliphatic hydroxyl groups is 3. The summed E-state index contributed by atoms with van der Waals surface area (Å²) in [4.78, 5) is 107. The van der Waals surface area contributed by atoms with Crippen LogP contribution in [0.2, 0.25) is 0 Å². The van der Waals surface area contributed by atoms with Crippen molar-refractivity contribution in [2.75, 3.05) is 59.2 Å². The number of fused-ring (bicyclic) bond motifs is 5. The molecule has 9 rings (SSSR count). The molecule has 0 bridgehead atoms. The van der Waals surface area contributed by atoms with Crippen LogP contribution >= 0.6 is 12.2 Å². The number of rotatable bonds is 17. The average Bonchev–Trinajstić information content (AvgIpc) is 1.33. The fourth-order valence-electron chi connectivity index (χ4n) is 10.2. The number of amides is 4. The van der Waals surface area contributed by atoms with Gasteiger partial charge in [0.2, 0.25) is 36.0 Å². The molecule has 5 aliphatic heterocycles. The first-order valence-corrected chi connectivity index (χ1v) is 31.9. The highest BCUT2D eigenvalue weighted by Gasteiger charge is 2.39. The van der Waals surface area contributed by atoms with Crippen molar-refractivity contribution in [2.24, 2.45) is 11.8 Å². The Hall–Kier alpha value is -7.26. The lowest BCUT2D eigenvalue weighted by atomic mass is 9.95. The second kappa shape index (κ2) is 40.6. The molecule has 24 nitrogen and oxygen atoms in total. The topological polar surface area (TPSA) is 319 Å². The second-order valence-corrected chi connectivity index (χ2v) is 23.2. The van der Waals surface area contributed by atoms with Crippen molar-refractivity contribution in [1.29, 1.82) is 0 Å². The third-order valence-corrected chi connectivity index (χ3v) is 14.5. The molecular weight excluding hydrogens is 1190 g/mol. The van der Waals surface area contributed by atoms with Gasteiger partial charge in [-0.1, -0.05) is 99.2 Å². The molecule has 0 aliphatic carbocycles. The van der Waals surface area contributed by atoms with Crippen molar-refractivity contribution in [3.63, 3.8) is 0 Å². The number of aliphatic hydroxyl groups excluding tert-OH is 3. The molecule has 7 heterocycles. The molecule has 4 aromatic rings. The number of carbonyl (C=O) groups is 7. The Morgan fingerprint density at radius 1 is 0.868 bits per heavy atom. The summed E-state index contributed by atoms with van der Waals surface area (Å²) in [6, 6.07) is 17.2. The lowest BCUT2D eigenvalue weighted by Gasteiger charge is -2.35. The molecule has 3 unspecified atom stereocenters. The Balaban J connectivity index is 0.000000363. The molecular formula is C66H99N9O15S. The summed E-state index contributed by atoms with van der Waals surface area (Å²) in [5, 5.41) is 40.9. The van der Waals surface area contributed by atoms with Crippen LogP contribution in [0.5, 0.6) is 5.75 Å². The minimum absolute atomic E-state index is 0.0212. The fraction of sp³-hybridized carbons (Fsp3) is 0.576. The number of anilines is 1. The molecule has 5 aliphatic rings. The number of aromatic nitrogens is 2. The number of esters is 2. The average molecular weight is 1290 g/mol. The standard InChI is InChI=1S/C29H29N5O7.C14H25N3O3.C13H17NO4S.C4H10.C3H8.C2H6.CH4O/c1-30-13-23(35)33-9-4-7-21(33)27(37)31-14-24(36)41-26-18-12-22-25-17(11-16-5-2-3-6-20(16)32-25)8-10-34(22)28(38)19(18)15-40-29(26)39;1-10(2)9-11(13(19)15-6-8-18)16-14(20)12-5-4-7-17(12)3;1-8-11(15)6-12(16)13(17-8)18-10-4-2-9(3-5-10)14-7-19;1-4(2)3;1-3-2;2*1-2/h2-3,5-6,11-12,21,26,30H,4,7-10,13-15H2,1H3,(H,31,37);8,10-12H,4-7,9H2,1-3H3,(H,15,19)(H,16,20);2-5,7-8,11-13,15-16H,6H2,1H3,(H,14,19);4H,1-3H3;3H2,1-2H3;1-2H3;2H,1H3/t21-,26?;11-,12?;8-,11-,12?,13+;;;;/m000..../s1. The summed E-state index contributed by atoms with van der Waals surface area (Å²) in [5.74, 6) is -1.04. The summed E-state index contributed by atoms with van der Waals surface area (Å²) >= 11 is 4.69. The molecule has 4 amide bonds. The van der Waals surface area contributed by atoms with Crippen LogP contribution < -0.4 is 36.9 Å². The summed E-state index contributed by atoms with van der Waals surface area (Å²) < 4.78 is 23.3.